The van der Waals surface area contributed by atoms with Crippen LogP contribution in [0.15, 0.2) is 10.3 Å². The second kappa shape index (κ2) is 7.56. The number of thiophene rings is 1. The van der Waals surface area contributed by atoms with Crippen molar-refractivity contribution in [2.24, 2.45) is 5.92 Å². The van der Waals surface area contributed by atoms with E-state index in [2.05, 4.69) is 4.90 Å². The summed E-state index contributed by atoms with van der Waals surface area (Å²) in [5, 5.41) is 11.8. The molecule has 8 nitrogen and oxygen atoms in total. The summed E-state index contributed by atoms with van der Waals surface area (Å²) in [4.78, 5) is 15.3. The average molecular weight is 389 g/mol. The molecule has 0 amide bonds. The normalized spacial score (nSPS) is 22.9. The lowest BCUT2D eigenvalue weighted by Crippen LogP contribution is -2.44. The van der Waals surface area contributed by atoms with Crippen LogP contribution in [0, 0.1) is 16.0 Å². The van der Waals surface area contributed by atoms with Crippen LogP contribution in [0.4, 0.5) is 10.7 Å². The van der Waals surface area contributed by atoms with Gasteiger partial charge < -0.3 is 9.64 Å². The molecule has 10 heteroatoms. The van der Waals surface area contributed by atoms with Crippen LogP contribution in [0.1, 0.15) is 12.8 Å². The number of hydrogen-bond donors (Lipinski definition) is 0. The highest BCUT2D eigenvalue weighted by Crippen LogP contribution is 2.41. The zero-order valence-electron chi connectivity index (χ0n) is 14.2. The molecular formula is C15H23N3O5S2. The van der Waals surface area contributed by atoms with Crippen molar-refractivity contribution >= 4 is 31.9 Å². The minimum atomic E-state index is -3.45. The van der Waals surface area contributed by atoms with Crippen molar-refractivity contribution in [1.29, 1.82) is 0 Å². The molecule has 1 atom stereocenters. The minimum absolute atomic E-state index is 0.0597. The van der Waals surface area contributed by atoms with Gasteiger partial charge in [-0.1, -0.05) is 11.3 Å². The number of ether oxygens (including phenoxy) is 1. The first-order valence-electron chi connectivity index (χ1n) is 8.38. The van der Waals surface area contributed by atoms with Gasteiger partial charge in [0, 0.05) is 45.0 Å². The molecule has 0 N–H and O–H groups in total. The van der Waals surface area contributed by atoms with Gasteiger partial charge in [-0.15, -0.1) is 0 Å². The Bertz CT molecular complexity index is 728. The van der Waals surface area contributed by atoms with Crippen molar-refractivity contribution in [3.63, 3.8) is 0 Å². The summed E-state index contributed by atoms with van der Waals surface area (Å²) in [6.45, 7) is 5.76. The number of morpholine rings is 1. The number of sulfone groups is 1. The third-order valence-electron chi connectivity index (χ3n) is 4.66. The standard InChI is InChI=1S/C15H23N3O5S2/c1-25(21,22)14-9-13(18(19)20)15(24-14)17-4-2-3-12(11-17)10-16-5-7-23-8-6-16/h9,12H,2-8,10-11H2,1H3. The van der Waals surface area contributed by atoms with E-state index in [4.69, 9.17) is 4.74 Å². The van der Waals surface area contributed by atoms with E-state index in [1.165, 1.54) is 6.07 Å². The van der Waals surface area contributed by atoms with Gasteiger partial charge in [-0.2, -0.15) is 0 Å². The second-order valence-electron chi connectivity index (χ2n) is 6.65. The van der Waals surface area contributed by atoms with Crippen LogP contribution in [0.25, 0.3) is 0 Å². The number of hydrogen-bond acceptors (Lipinski definition) is 8. The summed E-state index contributed by atoms with van der Waals surface area (Å²) in [7, 11) is -3.45. The fraction of sp³-hybridized carbons (Fsp3) is 0.733. The first-order chi connectivity index (χ1) is 11.8. The Morgan fingerprint density at radius 3 is 2.72 bits per heavy atom. The number of anilines is 1. The Morgan fingerprint density at radius 2 is 2.08 bits per heavy atom. The molecule has 3 rings (SSSR count). The van der Waals surface area contributed by atoms with E-state index >= 15 is 0 Å². The predicted molar refractivity (Wildman–Crippen MR) is 96.3 cm³/mol. The Kier molecular flexibility index (Phi) is 5.62. The summed E-state index contributed by atoms with van der Waals surface area (Å²) < 4.78 is 29.0. The van der Waals surface area contributed by atoms with E-state index in [1.807, 2.05) is 4.90 Å². The molecule has 2 aliphatic rings. The van der Waals surface area contributed by atoms with Crippen molar-refractivity contribution in [2.45, 2.75) is 17.1 Å². The monoisotopic (exact) mass is 389 g/mol. The minimum Gasteiger partial charge on any atom is -0.379 e. The molecule has 140 valence electrons. The molecule has 0 bridgehead atoms. The molecule has 0 aliphatic carbocycles. The second-order valence-corrected chi connectivity index (χ2v) is 9.93. The molecular weight excluding hydrogens is 366 g/mol. The lowest BCUT2D eigenvalue weighted by atomic mass is 9.97. The molecule has 25 heavy (non-hydrogen) atoms. The van der Waals surface area contributed by atoms with Crippen LogP contribution < -0.4 is 4.90 Å². The van der Waals surface area contributed by atoms with Crippen molar-refractivity contribution in [2.75, 3.05) is 57.1 Å². The van der Waals surface area contributed by atoms with E-state index in [1.54, 1.807) is 0 Å². The fourth-order valence-corrected chi connectivity index (χ4v) is 5.50. The summed E-state index contributed by atoms with van der Waals surface area (Å²) >= 11 is 1.01. The number of nitrogens with zero attached hydrogens (tertiary/aromatic N) is 3. The molecule has 0 aromatic carbocycles. The maximum atomic E-state index is 11.8. The fourth-order valence-electron chi connectivity index (χ4n) is 3.44. The summed E-state index contributed by atoms with van der Waals surface area (Å²) in [6.07, 6.45) is 3.13. The van der Waals surface area contributed by atoms with Crippen molar-refractivity contribution < 1.29 is 18.1 Å². The van der Waals surface area contributed by atoms with Crippen LogP contribution in [-0.4, -0.2) is 70.4 Å². The van der Waals surface area contributed by atoms with Gasteiger partial charge >= 0.3 is 5.69 Å². The maximum Gasteiger partial charge on any atom is 0.305 e. The molecule has 0 radical (unpaired) electrons. The quantitative estimate of drug-likeness (QED) is 0.558. The van der Waals surface area contributed by atoms with E-state index < -0.39 is 14.8 Å². The summed E-state index contributed by atoms with van der Waals surface area (Å²) in [5.74, 6) is 0.426. The van der Waals surface area contributed by atoms with Crippen LogP contribution in [-0.2, 0) is 14.6 Å². The van der Waals surface area contributed by atoms with Gasteiger partial charge in [0.15, 0.2) is 14.8 Å². The molecule has 2 fully saturated rings. The zero-order chi connectivity index (χ0) is 18.0. The van der Waals surface area contributed by atoms with Gasteiger partial charge in [-0.25, -0.2) is 8.42 Å². The van der Waals surface area contributed by atoms with Gasteiger partial charge in [-0.3, -0.25) is 15.0 Å². The van der Waals surface area contributed by atoms with Crippen LogP contribution in [0.5, 0.6) is 0 Å². The molecule has 3 heterocycles. The maximum absolute atomic E-state index is 11.8. The van der Waals surface area contributed by atoms with Crippen LogP contribution in [0.2, 0.25) is 0 Å². The molecule has 1 aromatic heterocycles. The van der Waals surface area contributed by atoms with Crippen LogP contribution in [0.3, 0.4) is 0 Å². The smallest absolute Gasteiger partial charge is 0.305 e. The first kappa shape index (κ1) is 18.6. The highest BCUT2D eigenvalue weighted by molar-refractivity contribution is 7.92. The number of piperidine rings is 1. The molecule has 1 aromatic rings. The van der Waals surface area contributed by atoms with Crippen molar-refractivity contribution in [3.8, 4) is 0 Å². The average Bonchev–Trinajstić information content (AvgIpc) is 3.02. The molecule has 0 spiro atoms. The lowest BCUT2D eigenvalue weighted by molar-refractivity contribution is -0.383. The lowest BCUT2D eigenvalue weighted by Gasteiger charge is -2.37. The topological polar surface area (TPSA) is 93.0 Å². The molecule has 0 saturated carbocycles. The third kappa shape index (κ3) is 4.49. The van der Waals surface area contributed by atoms with E-state index in [-0.39, 0.29) is 9.90 Å². The molecule has 2 saturated heterocycles. The van der Waals surface area contributed by atoms with Crippen molar-refractivity contribution in [3.05, 3.63) is 16.2 Å². The van der Waals surface area contributed by atoms with E-state index in [0.717, 1.165) is 76.4 Å². The third-order valence-corrected chi connectivity index (χ3v) is 7.65. The highest BCUT2D eigenvalue weighted by atomic mass is 32.2. The predicted octanol–water partition coefficient (Wildman–Crippen LogP) is 1.61. The van der Waals surface area contributed by atoms with Gasteiger partial charge in [0.25, 0.3) is 0 Å². The van der Waals surface area contributed by atoms with Crippen molar-refractivity contribution in [1.82, 2.24) is 4.90 Å². The Hall–Kier alpha value is -1.23. The number of rotatable bonds is 5. The van der Waals surface area contributed by atoms with E-state index in [0.29, 0.717) is 10.9 Å². The van der Waals surface area contributed by atoms with Crippen LogP contribution >= 0.6 is 11.3 Å². The molecule has 1 unspecified atom stereocenters. The van der Waals surface area contributed by atoms with E-state index in [9.17, 15) is 18.5 Å². The largest absolute Gasteiger partial charge is 0.379 e. The SMILES string of the molecule is CS(=O)(=O)c1cc([N+](=O)[O-])c(N2CCCC(CN3CCOCC3)C2)s1. The Balaban J connectivity index is 1.76. The van der Waals surface area contributed by atoms with Gasteiger partial charge in [0.2, 0.25) is 0 Å². The summed E-state index contributed by atoms with van der Waals surface area (Å²) in [5.41, 5.74) is -0.0996. The Morgan fingerprint density at radius 1 is 1.36 bits per heavy atom. The first-order valence-corrected chi connectivity index (χ1v) is 11.1. The molecule has 2 aliphatic heterocycles. The highest BCUT2D eigenvalue weighted by Gasteiger charge is 2.31. The van der Waals surface area contributed by atoms with Gasteiger partial charge in [0.05, 0.1) is 18.1 Å². The zero-order valence-corrected chi connectivity index (χ0v) is 15.9. The summed E-state index contributed by atoms with van der Waals surface area (Å²) in [6, 6.07) is 1.20. The van der Waals surface area contributed by atoms with Gasteiger partial charge in [-0.05, 0) is 18.8 Å². The van der Waals surface area contributed by atoms with Gasteiger partial charge in [0.1, 0.15) is 4.21 Å². The number of nitro groups is 1. The Labute approximate surface area is 151 Å².